The Kier molecular flexibility index (Phi) is 9.20. The van der Waals surface area contributed by atoms with E-state index in [1.165, 1.54) is 7.11 Å². The van der Waals surface area contributed by atoms with Gasteiger partial charge < -0.3 is 25.6 Å². The van der Waals surface area contributed by atoms with E-state index in [9.17, 15) is 19.8 Å². The van der Waals surface area contributed by atoms with E-state index in [0.29, 0.717) is 6.42 Å². The number of rotatable bonds is 10. The summed E-state index contributed by atoms with van der Waals surface area (Å²) in [5, 5.41) is 25.3. The van der Waals surface area contributed by atoms with Crippen molar-refractivity contribution in [2.24, 2.45) is 0 Å². The predicted octanol–water partition coefficient (Wildman–Crippen LogP) is 0.331. The maximum Gasteiger partial charge on any atom is 0.323 e. The molecule has 0 spiro atoms. The van der Waals surface area contributed by atoms with Gasteiger partial charge in [0.1, 0.15) is 17.4 Å². The average Bonchev–Trinajstić information content (AvgIpc) is 2.81. The number of carbonyl (C=O) groups excluding carboxylic acids is 2. The Labute approximate surface area is 152 Å². The minimum Gasteiger partial charge on any atom is -0.468 e. The number of ether oxygens (including phenoxy) is 1. The molecule has 4 atom stereocenters. The molecule has 1 aliphatic heterocycles. The van der Waals surface area contributed by atoms with Crippen LogP contribution in [0.4, 0.5) is 0 Å². The van der Waals surface area contributed by atoms with Gasteiger partial charge in [0.2, 0.25) is 5.91 Å². The number of carbonyl (C=O) groups is 2. The lowest BCUT2D eigenvalue weighted by Gasteiger charge is -2.27. The number of thioether (sulfide) groups is 1. The number of aliphatic hydroxyl groups is 2. The van der Waals surface area contributed by atoms with Crippen LogP contribution in [-0.2, 0) is 14.3 Å². The summed E-state index contributed by atoms with van der Waals surface area (Å²) in [6, 6.07) is -0.585. The Morgan fingerprint density at radius 1 is 1.48 bits per heavy atom. The number of allylic oxidation sites excluding steroid dienone is 4. The fourth-order valence-electron chi connectivity index (χ4n) is 2.47. The first kappa shape index (κ1) is 21.7. The summed E-state index contributed by atoms with van der Waals surface area (Å²) < 4.78 is 4.67. The second-order valence-corrected chi connectivity index (χ2v) is 6.97. The summed E-state index contributed by atoms with van der Waals surface area (Å²) in [6.45, 7) is 1.94. The highest BCUT2D eigenvalue weighted by molar-refractivity contribution is 8.00. The first-order valence-corrected chi connectivity index (χ1v) is 9.29. The Morgan fingerprint density at radius 3 is 2.80 bits per heavy atom. The second-order valence-electron chi connectivity index (χ2n) is 5.79. The first-order valence-electron chi connectivity index (χ1n) is 8.25. The van der Waals surface area contributed by atoms with Gasteiger partial charge in [-0.1, -0.05) is 24.3 Å². The summed E-state index contributed by atoms with van der Waals surface area (Å²) in [6.07, 6.45) is 8.14. The molecule has 0 aliphatic carbocycles. The summed E-state index contributed by atoms with van der Waals surface area (Å²) in [5.41, 5.74) is -1.65. The Hall–Kier alpha value is -1.35. The zero-order valence-corrected chi connectivity index (χ0v) is 15.7. The number of nitrogens with one attached hydrogen (secondary N) is 2. The molecule has 1 amide bonds. The van der Waals surface area contributed by atoms with Gasteiger partial charge in [-0.2, -0.15) is 0 Å². The second kappa shape index (κ2) is 10.6. The maximum absolute atomic E-state index is 12.1. The molecule has 4 N–H and O–H groups in total. The molecule has 25 heavy (non-hydrogen) atoms. The standard InChI is InChI=1S/C17H28N2O5S/c1-4-5-6-7-8-9-10-17(23)14(20)13(15(21)19-17)25-11-12(18-2)16(22)24-3/h4-5,7-8,12-14,18,20,23H,6,9-11H2,1-3H3,(H,19,21)/b5-4+,8-7+/t12?,13-,14-,17-/m0/s1. The van der Waals surface area contributed by atoms with Gasteiger partial charge in [0.25, 0.3) is 0 Å². The third-order valence-corrected chi connectivity index (χ3v) is 5.37. The lowest BCUT2D eigenvalue weighted by Crippen LogP contribution is -2.49. The van der Waals surface area contributed by atoms with Crippen molar-refractivity contribution >= 4 is 23.6 Å². The minimum atomic E-state index is -1.65. The molecule has 8 heteroatoms. The van der Waals surface area contributed by atoms with E-state index in [1.807, 2.05) is 31.2 Å². The van der Waals surface area contributed by atoms with Crippen molar-refractivity contribution in [1.29, 1.82) is 0 Å². The number of esters is 1. The van der Waals surface area contributed by atoms with Gasteiger partial charge in [-0.05, 0) is 26.8 Å². The van der Waals surface area contributed by atoms with Crippen molar-refractivity contribution in [3.05, 3.63) is 24.3 Å². The van der Waals surface area contributed by atoms with Crippen LogP contribution in [0.15, 0.2) is 24.3 Å². The molecule has 1 unspecified atom stereocenters. The number of aliphatic hydroxyl groups excluding tert-OH is 1. The summed E-state index contributed by atoms with van der Waals surface area (Å²) in [4.78, 5) is 23.7. The molecule has 0 saturated carbocycles. The van der Waals surface area contributed by atoms with E-state index in [0.717, 1.165) is 18.2 Å². The van der Waals surface area contributed by atoms with Crippen LogP contribution in [0.3, 0.4) is 0 Å². The van der Waals surface area contributed by atoms with Crippen molar-refractivity contribution in [3.8, 4) is 0 Å². The van der Waals surface area contributed by atoms with Crippen molar-refractivity contribution in [3.63, 3.8) is 0 Å². The number of likely N-dealkylation sites (N-methyl/N-ethyl adjacent to an activating group) is 1. The zero-order valence-electron chi connectivity index (χ0n) is 14.9. The SMILES string of the molecule is C/C=C/C/C=C/CC[C@@]1(O)NC(=O)[C@@H](SCC(NC)C(=O)OC)[C@@H]1O. The van der Waals surface area contributed by atoms with E-state index in [-0.39, 0.29) is 12.2 Å². The fourth-order valence-corrected chi connectivity index (χ4v) is 3.79. The number of hydrogen-bond acceptors (Lipinski definition) is 7. The van der Waals surface area contributed by atoms with Crippen LogP contribution in [0, 0.1) is 0 Å². The molecule has 1 aliphatic rings. The monoisotopic (exact) mass is 372 g/mol. The summed E-state index contributed by atoms with van der Waals surface area (Å²) in [7, 11) is 2.90. The molecule has 0 aromatic carbocycles. The predicted molar refractivity (Wildman–Crippen MR) is 98.0 cm³/mol. The van der Waals surface area contributed by atoms with E-state index in [1.54, 1.807) is 7.05 Å². The molecule has 1 rings (SSSR count). The van der Waals surface area contributed by atoms with Gasteiger partial charge >= 0.3 is 5.97 Å². The lowest BCUT2D eigenvalue weighted by molar-refractivity contribution is -0.142. The molecule has 7 nitrogen and oxygen atoms in total. The number of amides is 1. The first-order chi connectivity index (χ1) is 11.9. The van der Waals surface area contributed by atoms with Gasteiger partial charge in [-0.15, -0.1) is 11.8 Å². The van der Waals surface area contributed by atoms with Crippen LogP contribution in [0.25, 0.3) is 0 Å². The molecule has 142 valence electrons. The number of methoxy groups -OCH3 is 1. The molecule has 1 heterocycles. The van der Waals surface area contributed by atoms with Crippen molar-refractivity contribution in [1.82, 2.24) is 10.6 Å². The highest BCUT2D eigenvalue weighted by Crippen LogP contribution is 2.31. The molecule has 1 fully saturated rings. The Balaban J connectivity index is 2.57. The highest BCUT2D eigenvalue weighted by atomic mass is 32.2. The Bertz CT molecular complexity index is 511. The number of hydrogen-bond donors (Lipinski definition) is 4. The zero-order chi connectivity index (χ0) is 18.9. The lowest BCUT2D eigenvalue weighted by atomic mass is 10.0. The summed E-state index contributed by atoms with van der Waals surface area (Å²) in [5.74, 6) is -0.625. The van der Waals surface area contributed by atoms with Crippen molar-refractivity contribution < 1.29 is 24.5 Å². The summed E-state index contributed by atoms with van der Waals surface area (Å²) >= 11 is 1.12. The molecular formula is C17H28N2O5S. The molecule has 0 aromatic rings. The van der Waals surface area contributed by atoms with Crippen LogP contribution < -0.4 is 10.6 Å². The molecular weight excluding hydrogens is 344 g/mol. The van der Waals surface area contributed by atoms with E-state index in [2.05, 4.69) is 15.4 Å². The van der Waals surface area contributed by atoms with E-state index < -0.39 is 35.0 Å². The van der Waals surface area contributed by atoms with Crippen LogP contribution in [0.1, 0.15) is 26.2 Å². The van der Waals surface area contributed by atoms with Gasteiger partial charge in [0.05, 0.1) is 7.11 Å². The largest absolute Gasteiger partial charge is 0.468 e. The van der Waals surface area contributed by atoms with Gasteiger partial charge in [0.15, 0.2) is 5.72 Å². The van der Waals surface area contributed by atoms with Crippen LogP contribution >= 0.6 is 11.8 Å². The van der Waals surface area contributed by atoms with E-state index >= 15 is 0 Å². The quantitative estimate of drug-likeness (QED) is 0.323. The highest BCUT2D eigenvalue weighted by Gasteiger charge is 2.51. The maximum atomic E-state index is 12.1. The molecule has 0 radical (unpaired) electrons. The van der Waals surface area contributed by atoms with Crippen LogP contribution in [0.2, 0.25) is 0 Å². The minimum absolute atomic E-state index is 0.218. The smallest absolute Gasteiger partial charge is 0.323 e. The van der Waals surface area contributed by atoms with Crippen molar-refractivity contribution in [2.45, 2.75) is 49.3 Å². The van der Waals surface area contributed by atoms with E-state index in [4.69, 9.17) is 0 Å². The Morgan fingerprint density at radius 2 is 2.20 bits per heavy atom. The molecule has 1 saturated heterocycles. The normalized spacial score (nSPS) is 27.8. The van der Waals surface area contributed by atoms with Crippen LogP contribution in [-0.4, -0.2) is 65.1 Å². The van der Waals surface area contributed by atoms with Gasteiger partial charge in [-0.25, -0.2) is 0 Å². The molecule has 0 bridgehead atoms. The third kappa shape index (κ3) is 6.14. The third-order valence-electron chi connectivity index (χ3n) is 4.02. The molecule has 0 aromatic heterocycles. The topological polar surface area (TPSA) is 108 Å². The van der Waals surface area contributed by atoms with Crippen molar-refractivity contribution in [2.75, 3.05) is 19.9 Å². The fraction of sp³-hybridized carbons (Fsp3) is 0.647. The average molecular weight is 372 g/mol. The van der Waals surface area contributed by atoms with Gasteiger partial charge in [-0.3, -0.25) is 9.59 Å². The van der Waals surface area contributed by atoms with Crippen LogP contribution in [0.5, 0.6) is 0 Å². The van der Waals surface area contributed by atoms with Gasteiger partial charge in [0, 0.05) is 12.2 Å².